The monoisotopic (exact) mass is 303 g/mol. The number of aryl methyl sites for hydroxylation is 1. The summed E-state index contributed by atoms with van der Waals surface area (Å²) in [6.45, 7) is 5.72. The highest BCUT2D eigenvalue weighted by Gasteiger charge is 2.24. The topological polar surface area (TPSA) is 83.7 Å². The highest BCUT2D eigenvalue weighted by molar-refractivity contribution is 5.93. The molecular formula is C16H21N3O3. The van der Waals surface area contributed by atoms with Gasteiger partial charge in [0.1, 0.15) is 11.2 Å². The number of nitrogens with zero attached hydrogens (tertiary/aromatic N) is 2. The Morgan fingerprint density at radius 2 is 2.09 bits per heavy atom. The molecule has 22 heavy (non-hydrogen) atoms. The first kappa shape index (κ1) is 16.2. The molecule has 2 rings (SSSR count). The van der Waals surface area contributed by atoms with Gasteiger partial charge in [0.15, 0.2) is 0 Å². The molecule has 0 atom stereocenters. The molecule has 118 valence electrons. The van der Waals surface area contributed by atoms with Gasteiger partial charge in [-0.2, -0.15) is 0 Å². The molecule has 0 aromatic carbocycles. The van der Waals surface area contributed by atoms with Crippen molar-refractivity contribution in [2.75, 3.05) is 6.54 Å². The molecule has 0 bridgehead atoms. The summed E-state index contributed by atoms with van der Waals surface area (Å²) in [7, 11) is 0. The molecule has 2 aromatic rings. The third kappa shape index (κ3) is 3.17. The van der Waals surface area contributed by atoms with E-state index in [1.165, 1.54) is 10.6 Å². The van der Waals surface area contributed by atoms with Gasteiger partial charge in [0.25, 0.3) is 11.5 Å². The molecule has 6 heteroatoms. The minimum Gasteiger partial charge on any atom is -0.388 e. The molecule has 2 N–H and O–H groups in total. The van der Waals surface area contributed by atoms with Crippen molar-refractivity contribution in [1.82, 2.24) is 14.7 Å². The van der Waals surface area contributed by atoms with Crippen molar-refractivity contribution in [1.29, 1.82) is 0 Å². The SMILES string of the molecule is CCC(O)(CC)CNC(=O)c1cnc2cc(C)ccn2c1=O. The summed E-state index contributed by atoms with van der Waals surface area (Å²) in [6, 6.07) is 3.56. The minimum atomic E-state index is -0.951. The van der Waals surface area contributed by atoms with E-state index in [9.17, 15) is 14.7 Å². The highest BCUT2D eigenvalue weighted by atomic mass is 16.3. The summed E-state index contributed by atoms with van der Waals surface area (Å²) in [6.07, 6.45) is 3.94. The first-order valence-corrected chi connectivity index (χ1v) is 7.39. The van der Waals surface area contributed by atoms with Gasteiger partial charge in [0.05, 0.1) is 5.60 Å². The van der Waals surface area contributed by atoms with E-state index < -0.39 is 17.1 Å². The van der Waals surface area contributed by atoms with Gasteiger partial charge in [-0.3, -0.25) is 14.0 Å². The maximum Gasteiger partial charge on any atom is 0.270 e. The Morgan fingerprint density at radius 3 is 2.73 bits per heavy atom. The summed E-state index contributed by atoms with van der Waals surface area (Å²) < 4.78 is 1.34. The number of amides is 1. The molecule has 0 spiro atoms. The van der Waals surface area contributed by atoms with Crippen LogP contribution in [0, 0.1) is 6.92 Å². The first-order valence-electron chi connectivity index (χ1n) is 7.39. The zero-order valence-electron chi connectivity index (χ0n) is 13.1. The van der Waals surface area contributed by atoms with Crippen LogP contribution in [0.1, 0.15) is 42.6 Å². The van der Waals surface area contributed by atoms with E-state index in [-0.39, 0.29) is 12.1 Å². The van der Waals surface area contributed by atoms with Gasteiger partial charge in [-0.15, -0.1) is 0 Å². The van der Waals surface area contributed by atoms with Gasteiger partial charge < -0.3 is 10.4 Å². The predicted molar refractivity (Wildman–Crippen MR) is 84.1 cm³/mol. The average Bonchev–Trinajstić information content (AvgIpc) is 2.52. The third-order valence-corrected chi connectivity index (χ3v) is 4.00. The van der Waals surface area contributed by atoms with Crippen LogP contribution in [0.3, 0.4) is 0 Å². The second kappa shape index (κ2) is 6.27. The number of fused-ring (bicyclic) bond motifs is 1. The van der Waals surface area contributed by atoms with Crippen LogP contribution in [0.25, 0.3) is 5.65 Å². The minimum absolute atomic E-state index is 0.0316. The molecule has 0 fully saturated rings. The lowest BCUT2D eigenvalue weighted by Crippen LogP contribution is -2.43. The maximum atomic E-state index is 12.3. The van der Waals surface area contributed by atoms with Gasteiger partial charge in [-0.1, -0.05) is 13.8 Å². The van der Waals surface area contributed by atoms with Crippen LogP contribution in [0.15, 0.2) is 29.3 Å². The molecule has 0 aliphatic heterocycles. The lowest BCUT2D eigenvalue weighted by Gasteiger charge is -2.25. The van der Waals surface area contributed by atoms with Gasteiger partial charge >= 0.3 is 0 Å². The number of carbonyl (C=O) groups excluding carboxylic acids is 1. The smallest absolute Gasteiger partial charge is 0.270 e. The Balaban J connectivity index is 2.27. The number of nitrogens with one attached hydrogen (secondary N) is 1. The highest BCUT2D eigenvalue weighted by Crippen LogP contribution is 2.13. The molecule has 1 amide bonds. The average molecular weight is 303 g/mol. The van der Waals surface area contributed by atoms with Crippen molar-refractivity contribution in [3.05, 3.63) is 46.0 Å². The number of pyridine rings is 1. The van der Waals surface area contributed by atoms with Crippen LogP contribution in [-0.4, -0.2) is 32.5 Å². The van der Waals surface area contributed by atoms with Crippen molar-refractivity contribution in [2.45, 2.75) is 39.2 Å². The molecule has 0 radical (unpaired) electrons. The van der Waals surface area contributed by atoms with Crippen LogP contribution < -0.4 is 10.9 Å². The Morgan fingerprint density at radius 1 is 1.41 bits per heavy atom. The fraction of sp³-hybridized carbons (Fsp3) is 0.438. The normalized spacial score (nSPS) is 11.6. The van der Waals surface area contributed by atoms with Gasteiger partial charge in [-0.05, 0) is 37.5 Å². The fourth-order valence-corrected chi connectivity index (χ4v) is 2.17. The van der Waals surface area contributed by atoms with Crippen LogP contribution in [0.2, 0.25) is 0 Å². The molecular weight excluding hydrogens is 282 g/mol. The van der Waals surface area contributed by atoms with Gasteiger partial charge in [-0.25, -0.2) is 4.98 Å². The number of aliphatic hydroxyl groups is 1. The molecule has 0 unspecified atom stereocenters. The fourth-order valence-electron chi connectivity index (χ4n) is 2.17. The van der Waals surface area contributed by atoms with Crippen LogP contribution in [0.4, 0.5) is 0 Å². The largest absolute Gasteiger partial charge is 0.388 e. The lowest BCUT2D eigenvalue weighted by molar-refractivity contribution is 0.0313. The van der Waals surface area contributed by atoms with E-state index in [2.05, 4.69) is 10.3 Å². The lowest BCUT2D eigenvalue weighted by atomic mass is 9.97. The number of carbonyl (C=O) groups is 1. The summed E-state index contributed by atoms with van der Waals surface area (Å²) in [4.78, 5) is 28.7. The number of hydrogen-bond donors (Lipinski definition) is 2. The maximum absolute atomic E-state index is 12.3. The summed E-state index contributed by atoms with van der Waals surface area (Å²) in [5.74, 6) is -0.521. The molecule has 2 heterocycles. The van der Waals surface area contributed by atoms with E-state index >= 15 is 0 Å². The standard InChI is InChI=1S/C16H21N3O3/c1-4-16(22,5-2)10-18-14(20)12-9-17-13-8-11(3)6-7-19(13)15(12)21/h6-9,22H,4-5,10H2,1-3H3,(H,18,20). The Labute approximate surface area is 128 Å². The molecule has 0 saturated carbocycles. The van der Waals surface area contributed by atoms with Crippen LogP contribution >= 0.6 is 0 Å². The quantitative estimate of drug-likeness (QED) is 0.871. The zero-order valence-corrected chi connectivity index (χ0v) is 13.1. The first-order chi connectivity index (χ1) is 10.4. The second-order valence-electron chi connectivity index (χ2n) is 5.52. The zero-order chi connectivity index (χ0) is 16.3. The van der Waals surface area contributed by atoms with Crippen molar-refractivity contribution in [3.63, 3.8) is 0 Å². The Bertz CT molecular complexity index is 748. The van der Waals surface area contributed by atoms with Crippen LogP contribution in [-0.2, 0) is 0 Å². The number of hydrogen-bond acceptors (Lipinski definition) is 4. The predicted octanol–water partition coefficient (Wildman–Crippen LogP) is 1.28. The van der Waals surface area contributed by atoms with E-state index in [0.717, 1.165) is 5.56 Å². The Kier molecular flexibility index (Phi) is 4.61. The van der Waals surface area contributed by atoms with Crippen molar-refractivity contribution in [2.24, 2.45) is 0 Å². The summed E-state index contributed by atoms with van der Waals surface area (Å²) in [5.41, 5.74) is 0.0860. The molecule has 6 nitrogen and oxygen atoms in total. The molecule has 0 aliphatic carbocycles. The van der Waals surface area contributed by atoms with Crippen LogP contribution in [0.5, 0.6) is 0 Å². The van der Waals surface area contributed by atoms with Crippen molar-refractivity contribution < 1.29 is 9.90 Å². The molecule has 2 aromatic heterocycles. The number of aromatic nitrogens is 2. The van der Waals surface area contributed by atoms with E-state index in [4.69, 9.17) is 0 Å². The second-order valence-corrected chi connectivity index (χ2v) is 5.52. The molecule has 0 aliphatic rings. The summed E-state index contributed by atoms with van der Waals surface area (Å²) >= 11 is 0. The van der Waals surface area contributed by atoms with E-state index in [1.54, 1.807) is 18.3 Å². The van der Waals surface area contributed by atoms with Crippen molar-refractivity contribution >= 4 is 11.6 Å². The van der Waals surface area contributed by atoms with Gasteiger partial charge in [0, 0.05) is 18.9 Å². The van der Waals surface area contributed by atoms with Crippen molar-refractivity contribution in [3.8, 4) is 0 Å². The van der Waals surface area contributed by atoms with E-state index in [0.29, 0.717) is 18.5 Å². The van der Waals surface area contributed by atoms with E-state index in [1.807, 2.05) is 20.8 Å². The summed E-state index contributed by atoms with van der Waals surface area (Å²) in [5, 5.41) is 12.8. The molecule has 0 saturated heterocycles. The Hall–Kier alpha value is -2.21. The third-order valence-electron chi connectivity index (χ3n) is 4.00. The van der Waals surface area contributed by atoms with Gasteiger partial charge in [0.2, 0.25) is 0 Å². The number of rotatable bonds is 5.